The molecule has 0 saturated heterocycles. The highest BCUT2D eigenvalue weighted by atomic mass is 28.3. The molecule has 608 valence electrons. The molecule has 0 fully saturated rings. The predicted octanol–water partition coefficient (Wildman–Crippen LogP) is 32.2. The van der Waals surface area contributed by atoms with E-state index in [1.807, 2.05) is 0 Å². The summed E-state index contributed by atoms with van der Waals surface area (Å²) in [6, 6.07) is 55.9. The Labute approximate surface area is 687 Å². The van der Waals surface area contributed by atoms with Crippen LogP contribution >= 0.6 is 0 Å². The number of rotatable bonds is 20. The van der Waals surface area contributed by atoms with Crippen LogP contribution in [0.2, 0.25) is 11.1 Å². The molecule has 113 heavy (non-hydrogen) atoms. The molecule has 0 radical (unpaired) electrons. The van der Waals surface area contributed by atoms with Crippen LogP contribution in [-0.4, -0.2) is 30.7 Å². The van der Waals surface area contributed by atoms with Gasteiger partial charge in [-0.1, -0.05) is 310 Å². The molecule has 0 aromatic heterocycles. The third-order valence-corrected chi connectivity index (χ3v) is 30.9. The molecule has 10 aromatic rings. The third-order valence-electron chi connectivity index (χ3n) is 25.0. The second kappa shape index (κ2) is 30.3. The van der Waals surface area contributed by atoms with Crippen molar-refractivity contribution in [3.8, 4) is 67.5 Å². The Morgan fingerprint density at radius 3 is 0.708 bits per heavy atom. The summed E-state index contributed by atoms with van der Waals surface area (Å²) in [6.45, 7) is 84.4. The molecular weight excluding hydrogens is 1390 g/mol. The number of hydrogen-bond donors (Lipinski definition) is 2. The fraction of sp³-hybridized carbons (Fsp3) is 0.519. The summed E-state index contributed by atoms with van der Waals surface area (Å²) >= 11 is 0. The van der Waals surface area contributed by atoms with E-state index >= 15 is 0 Å². The molecule has 5 heteroatoms. The van der Waals surface area contributed by atoms with Crippen LogP contribution in [0.1, 0.15) is 319 Å². The quantitative estimate of drug-likeness (QED) is 0.0590. The van der Waals surface area contributed by atoms with Gasteiger partial charge in [-0.3, -0.25) is 0 Å². The second-order valence-electron chi connectivity index (χ2n) is 47.1. The lowest BCUT2D eigenvalue weighted by Crippen LogP contribution is -2.53. The highest BCUT2D eigenvalue weighted by Crippen LogP contribution is 2.56. The maximum atomic E-state index is 14.2. The Hall–Kier alpha value is -7.34. The number of hydrogen-bond acceptors (Lipinski definition) is 4. The van der Waals surface area contributed by atoms with Crippen molar-refractivity contribution in [2.75, 3.05) is 12.5 Å². The van der Waals surface area contributed by atoms with Gasteiger partial charge >= 0.3 is 0 Å². The summed E-state index contributed by atoms with van der Waals surface area (Å²) in [5.41, 5.74) is 15.7. The van der Waals surface area contributed by atoms with Gasteiger partial charge in [-0.15, -0.1) is 0 Å². The first kappa shape index (κ1) is 88.0. The number of phenols is 2. The molecule has 0 amide bonds. The Morgan fingerprint density at radius 2 is 0.478 bits per heavy atom. The van der Waals surface area contributed by atoms with Crippen LogP contribution in [0.3, 0.4) is 0 Å². The van der Waals surface area contributed by atoms with E-state index in [1.165, 1.54) is 44.5 Å². The van der Waals surface area contributed by atoms with Crippen molar-refractivity contribution in [3.05, 3.63) is 190 Å². The van der Waals surface area contributed by atoms with E-state index in [0.29, 0.717) is 12.5 Å². The molecule has 0 aliphatic heterocycles. The average molecular weight is 1540 g/mol. The summed E-state index contributed by atoms with van der Waals surface area (Å²) in [5, 5.41) is 37.4. The molecule has 2 N–H and O–H groups in total. The molecule has 0 unspecified atom stereocenters. The van der Waals surface area contributed by atoms with Crippen LogP contribution in [0.5, 0.6) is 23.0 Å². The van der Waals surface area contributed by atoms with Crippen molar-refractivity contribution in [1.82, 2.24) is 0 Å². The Bertz CT molecular complexity index is 4720. The van der Waals surface area contributed by atoms with Crippen LogP contribution in [-0.2, 0) is 43.3 Å². The van der Waals surface area contributed by atoms with Crippen molar-refractivity contribution in [3.63, 3.8) is 0 Å². The van der Waals surface area contributed by atoms with Crippen LogP contribution in [0.15, 0.2) is 146 Å². The fourth-order valence-corrected chi connectivity index (χ4v) is 23.2. The van der Waals surface area contributed by atoms with Gasteiger partial charge in [0.1, 0.15) is 31.1 Å². The van der Waals surface area contributed by atoms with Crippen molar-refractivity contribution in [2.45, 2.75) is 329 Å². The lowest BCUT2D eigenvalue weighted by molar-refractivity contribution is 0.283. The van der Waals surface area contributed by atoms with E-state index in [4.69, 9.17) is 9.47 Å². The number of fused-ring (bicyclic) bond motifs is 4. The topological polar surface area (TPSA) is 58.9 Å². The normalized spacial score (nSPS) is 13.9. The van der Waals surface area contributed by atoms with Gasteiger partial charge in [0.25, 0.3) is 0 Å². The van der Waals surface area contributed by atoms with Gasteiger partial charge in [-0.05, 0) is 274 Å². The number of benzene rings is 10. The van der Waals surface area contributed by atoms with Crippen molar-refractivity contribution in [1.29, 1.82) is 0 Å². The Kier molecular flexibility index (Phi) is 23.6. The van der Waals surface area contributed by atoms with Gasteiger partial charge < -0.3 is 19.7 Å². The summed E-state index contributed by atoms with van der Waals surface area (Å²) in [7, 11) is -2.79. The average Bonchev–Trinajstić information content (AvgIpc) is 0.731. The molecule has 0 atom stereocenters. The van der Waals surface area contributed by atoms with Crippen LogP contribution < -0.4 is 9.47 Å². The van der Waals surface area contributed by atoms with E-state index in [-0.39, 0.29) is 87.6 Å². The van der Waals surface area contributed by atoms with Crippen molar-refractivity contribution in [2.24, 2.45) is 21.7 Å². The summed E-state index contributed by atoms with van der Waals surface area (Å²) in [4.78, 5) is 0. The number of phenolic OH excluding ortho intramolecular Hbond substituents is 2. The number of ether oxygens (including phenoxy) is 2. The zero-order valence-electron chi connectivity index (χ0n) is 77.5. The lowest BCUT2D eigenvalue weighted by atomic mass is 9.70. The molecule has 0 saturated carbocycles. The van der Waals surface area contributed by atoms with Gasteiger partial charge in [0.05, 0.1) is 12.5 Å². The van der Waals surface area contributed by atoms with Crippen LogP contribution in [0.4, 0.5) is 0 Å². The van der Waals surface area contributed by atoms with Crippen molar-refractivity contribution >= 4 is 51.2 Å². The molecular formula is C108H148O4Si. The molecule has 10 aromatic carbocycles. The van der Waals surface area contributed by atoms with Crippen LogP contribution in [0.25, 0.3) is 87.6 Å². The lowest BCUT2D eigenvalue weighted by Gasteiger charge is -2.39. The zero-order chi connectivity index (χ0) is 84.4. The minimum absolute atomic E-state index is 0.00564. The summed E-state index contributed by atoms with van der Waals surface area (Å²) in [6.07, 6.45) is 4.65. The van der Waals surface area contributed by atoms with E-state index in [9.17, 15) is 10.2 Å². The molecule has 0 aliphatic rings. The highest BCUT2D eigenvalue weighted by molar-refractivity contribution is 6.82. The van der Waals surface area contributed by atoms with E-state index < -0.39 is 8.07 Å². The SMILES string of the molecule is CC(C)[Si](COc1ccc(C(C)(C)CC(C)(C)C)cc1-c1cc(C(C)(C)CC(C)(C)C)cc(-c2c3cc(C(C)(C)C)ccc3cc3ccc(C(C)(C)C)cc23)c1O)(COc1ccc(C(C)(C)CC(C)(C)C)cc1-c1cc(C(C)(C)CC(C)(C)C)cc(-c2c3cc(C(C)(C)C)ccc3cc3ccc(C(C)(C)C)cc23)c1O)C(C)C. The van der Waals surface area contributed by atoms with Gasteiger partial charge in [0.15, 0.2) is 0 Å². The molecule has 0 bridgehead atoms. The van der Waals surface area contributed by atoms with Gasteiger partial charge in [-0.25, -0.2) is 0 Å². The van der Waals surface area contributed by atoms with Crippen molar-refractivity contribution < 1.29 is 19.7 Å². The molecule has 10 rings (SSSR count). The van der Waals surface area contributed by atoms with Gasteiger partial charge in [0, 0.05) is 44.5 Å². The monoisotopic (exact) mass is 1540 g/mol. The Morgan fingerprint density at radius 1 is 0.257 bits per heavy atom. The summed E-state index contributed by atoms with van der Waals surface area (Å²) in [5.74, 6) is 2.01. The van der Waals surface area contributed by atoms with E-state index in [2.05, 4.69) is 395 Å². The molecule has 0 aliphatic carbocycles. The minimum atomic E-state index is -2.79. The first-order valence-corrected chi connectivity index (χ1v) is 45.3. The zero-order valence-corrected chi connectivity index (χ0v) is 78.5. The molecule has 4 nitrogen and oxygen atoms in total. The van der Waals surface area contributed by atoms with Gasteiger partial charge in [-0.2, -0.15) is 0 Å². The Balaban J connectivity index is 1.23. The van der Waals surface area contributed by atoms with E-state index in [1.54, 1.807) is 0 Å². The first-order chi connectivity index (χ1) is 51.4. The standard InChI is InChI=1S/C108H148O4Si/c1-67(2)113(68(3)4,65-111-91-47-45-77(105(29,30)61-97(5,6)7)55-85(91)87-57-79(107(33,34)63-99(11,12)13)59-89(95(87)109)93-81-51-73(101(17,18)19)41-37-69(81)49-70-38-42-74(52-82(70)93)102(20,21)22)66-112-92-48-46-78(106(31,32)62-98(8,9)10)56-86(92)88-58-80(108(35,36)64-100(14,15)16)60-90(96(88)110)94-83-53-75(103(23,24)25)43-39-71(83)50-72-40-44-76(54-84(72)94)104(26,27)28/h37-60,67-68,109-110H,61-66H2,1-36H3. The number of aromatic hydroxyl groups is 2. The minimum Gasteiger partial charge on any atom is -0.507 e. The maximum absolute atomic E-state index is 14.2. The third kappa shape index (κ3) is 19.4. The summed E-state index contributed by atoms with van der Waals surface area (Å²) < 4.78 is 15.7. The van der Waals surface area contributed by atoms with Crippen LogP contribution in [0, 0.1) is 21.7 Å². The second-order valence-corrected chi connectivity index (χ2v) is 52.5. The maximum Gasteiger partial charge on any atom is 0.146 e. The molecule has 0 heterocycles. The fourth-order valence-electron chi connectivity index (χ4n) is 19.6. The highest BCUT2D eigenvalue weighted by Gasteiger charge is 2.44. The largest absolute Gasteiger partial charge is 0.507 e. The predicted molar refractivity (Wildman–Crippen MR) is 498 cm³/mol. The smallest absolute Gasteiger partial charge is 0.146 e. The first-order valence-electron chi connectivity index (χ1n) is 42.7. The van der Waals surface area contributed by atoms with E-state index in [0.717, 1.165) is 125 Å². The van der Waals surface area contributed by atoms with Gasteiger partial charge in [0.2, 0.25) is 0 Å². The molecule has 0 spiro atoms.